The van der Waals surface area contributed by atoms with Gasteiger partial charge in [0.15, 0.2) is 6.10 Å². The van der Waals surface area contributed by atoms with E-state index in [1.54, 1.807) is 11.0 Å². The first kappa shape index (κ1) is 14.0. The lowest BCUT2D eigenvalue weighted by atomic mass is 10.0. The summed E-state index contributed by atoms with van der Waals surface area (Å²) in [6.07, 6.45) is 0.620. The summed E-state index contributed by atoms with van der Waals surface area (Å²) >= 11 is 0. The number of benzene rings is 1. The van der Waals surface area contributed by atoms with Gasteiger partial charge in [-0.2, -0.15) is 0 Å². The van der Waals surface area contributed by atoms with Crippen LogP contribution in [0.1, 0.15) is 24.8 Å². The van der Waals surface area contributed by atoms with E-state index in [0.29, 0.717) is 25.1 Å². The van der Waals surface area contributed by atoms with Crippen LogP contribution in [0.15, 0.2) is 18.2 Å². The number of carbonyl (C=O) groups is 2. The summed E-state index contributed by atoms with van der Waals surface area (Å²) in [4.78, 5) is 25.0. The number of fused-ring (bicyclic) bond motifs is 1. The summed E-state index contributed by atoms with van der Waals surface area (Å²) in [5, 5.41) is 8.92. The number of anilines is 1. The highest BCUT2D eigenvalue weighted by Gasteiger charge is 2.38. The molecule has 0 aromatic heterocycles. The fourth-order valence-electron chi connectivity index (χ4n) is 2.97. The molecule has 2 heterocycles. The van der Waals surface area contributed by atoms with Crippen LogP contribution in [0.5, 0.6) is 0 Å². The lowest BCUT2D eigenvalue weighted by Crippen LogP contribution is -2.42. The molecule has 2 atom stereocenters. The Kier molecular flexibility index (Phi) is 3.63. The van der Waals surface area contributed by atoms with Crippen molar-refractivity contribution in [2.24, 2.45) is 0 Å². The number of hydrogen-bond acceptors (Lipinski definition) is 3. The van der Waals surface area contributed by atoms with Crippen LogP contribution < -0.4 is 4.90 Å². The molecule has 3 rings (SSSR count). The summed E-state index contributed by atoms with van der Waals surface area (Å²) in [6.45, 7) is 0.551. The van der Waals surface area contributed by atoms with Crippen molar-refractivity contribution < 1.29 is 23.8 Å². The first-order chi connectivity index (χ1) is 10.1. The Morgan fingerprint density at radius 2 is 2.05 bits per heavy atom. The molecule has 0 aliphatic carbocycles. The topological polar surface area (TPSA) is 66.8 Å². The Balaban J connectivity index is 1.79. The number of carboxylic acids is 1. The minimum Gasteiger partial charge on any atom is -0.479 e. The molecule has 1 aromatic rings. The number of amides is 1. The van der Waals surface area contributed by atoms with Crippen LogP contribution >= 0.6 is 0 Å². The molecule has 1 saturated heterocycles. The average molecular weight is 293 g/mol. The third-order valence-electron chi connectivity index (χ3n) is 4.00. The molecule has 1 aromatic carbocycles. The van der Waals surface area contributed by atoms with Gasteiger partial charge in [-0.25, -0.2) is 9.18 Å². The Bertz CT molecular complexity index is 589. The van der Waals surface area contributed by atoms with Crippen LogP contribution in [0.25, 0.3) is 0 Å². The maximum Gasteiger partial charge on any atom is 0.332 e. The molecule has 0 unspecified atom stereocenters. The van der Waals surface area contributed by atoms with E-state index in [-0.39, 0.29) is 11.7 Å². The van der Waals surface area contributed by atoms with Crippen LogP contribution in [0.4, 0.5) is 10.1 Å². The highest BCUT2D eigenvalue weighted by molar-refractivity contribution is 5.98. The van der Waals surface area contributed by atoms with Crippen LogP contribution in [-0.2, 0) is 20.7 Å². The van der Waals surface area contributed by atoms with E-state index in [9.17, 15) is 14.0 Å². The Labute approximate surface area is 121 Å². The molecule has 0 bridgehead atoms. The number of carboxylic acid groups (broad SMARTS) is 1. The van der Waals surface area contributed by atoms with Gasteiger partial charge in [-0.1, -0.05) is 0 Å². The van der Waals surface area contributed by atoms with Gasteiger partial charge in [0.25, 0.3) is 5.91 Å². The van der Waals surface area contributed by atoms with E-state index in [1.165, 1.54) is 12.1 Å². The van der Waals surface area contributed by atoms with Gasteiger partial charge in [-0.15, -0.1) is 0 Å². The minimum absolute atomic E-state index is 0.230. The van der Waals surface area contributed by atoms with Crippen molar-refractivity contribution in [3.05, 3.63) is 29.6 Å². The normalized spacial score (nSPS) is 24.7. The predicted octanol–water partition coefficient (Wildman–Crippen LogP) is 1.74. The standard InChI is InChI=1S/C15H16FNO4/c16-10-3-4-11-9(8-10)2-1-7-17(11)14(18)12-5-6-13(21-12)15(19)20/h3-4,8,12-13H,1-2,5-7H2,(H,19,20)/t12-,13+/m0/s1. The van der Waals surface area contributed by atoms with Gasteiger partial charge >= 0.3 is 5.97 Å². The van der Waals surface area contributed by atoms with E-state index in [4.69, 9.17) is 9.84 Å². The molecule has 5 nitrogen and oxygen atoms in total. The Morgan fingerprint density at radius 1 is 1.29 bits per heavy atom. The van der Waals surface area contributed by atoms with Crippen molar-refractivity contribution in [2.75, 3.05) is 11.4 Å². The van der Waals surface area contributed by atoms with Crippen molar-refractivity contribution in [1.82, 2.24) is 0 Å². The maximum absolute atomic E-state index is 13.3. The second-order valence-electron chi connectivity index (χ2n) is 5.40. The van der Waals surface area contributed by atoms with Crippen LogP contribution in [0.3, 0.4) is 0 Å². The molecule has 1 amide bonds. The molecule has 0 saturated carbocycles. The number of ether oxygens (including phenoxy) is 1. The van der Waals surface area contributed by atoms with E-state index in [0.717, 1.165) is 18.4 Å². The molecule has 21 heavy (non-hydrogen) atoms. The Hall–Kier alpha value is -1.95. The molecule has 6 heteroatoms. The van der Waals surface area contributed by atoms with Crippen LogP contribution in [-0.4, -0.2) is 35.7 Å². The third kappa shape index (κ3) is 2.63. The fourth-order valence-corrected chi connectivity index (χ4v) is 2.97. The van der Waals surface area contributed by atoms with Crippen molar-refractivity contribution in [1.29, 1.82) is 0 Å². The fraction of sp³-hybridized carbons (Fsp3) is 0.467. The van der Waals surface area contributed by atoms with Gasteiger partial charge < -0.3 is 14.7 Å². The first-order valence-corrected chi connectivity index (χ1v) is 7.04. The summed E-state index contributed by atoms with van der Waals surface area (Å²) in [5.41, 5.74) is 1.51. The lowest BCUT2D eigenvalue weighted by molar-refractivity contribution is -0.151. The Morgan fingerprint density at radius 3 is 2.76 bits per heavy atom. The van der Waals surface area contributed by atoms with Crippen LogP contribution in [0, 0.1) is 5.82 Å². The smallest absolute Gasteiger partial charge is 0.332 e. The summed E-state index contributed by atoms with van der Waals surface area (Å²) < 4.78 is 18.6. The molecular formula is C15H16FNO4. The molecule has 1 N–H and O–H groups in total. The molecular weight excluding hydrogens is 277 g/mol. The molecule has 1 fully saturated rings. The summed E-state index contributed by atoms with van der Waals surface area (Å²) in [5.74, 6) is -1.58. The monoisotopic (exact) mass is 293 g/mol. The molecule has 112 valence electrons. The van der Waals surface area contributed by atoms with Crippen molar-refractivity contribution in [3.63, 3.8) is 0 Å². The number of aliphatic carboxylic acids is 1. The quantitative estimate of drug-likeness (QED) is 0.902. The second kappa shape index (κ2) is 5.44. The van der Waals surface area contributed by atoms with Crippen molar-refractivity contribution in [3.8, 4) is 0 Å². The zero-order valence-electron chi connectivity index (χ0n) is 11.4. The minimum atomic E-state index is -1.04. The largest absolute Gasteiger partial charge is 0.479 e. The number of nitrogens with zero attached hydrogens (tertiary/aromatic N) is 1. The van der Waals surface area contributed by atoms with Gasteiger partial charge in [0.05, 0.1) is 0 Å². The number of hydrogen-bond donors (Lipinski definition) is 1. The van der Waals surface area contributed by atoms with E-state index < -0.39 is 18.2 Å². The number of halogens is 1. The predicted molar refractivity (Wildman–Crippen MR) is 72.6 cm³/mol. The lowest BCUT2D eigenvalue weighted by Gasteiger charge is -2.31. The number of carbonyl (C=O) groups excluding carboxylic acids is 1. The van der Waals surface area contributed by atoms with Crippen LogP contribution in [0.2, 0.25) is 0 Å². The van der Waals surface area contributed by atoms with E-state index >= 15 is 0 Å². The van der Waals surface area contributed by atoms with Crippen molar-refractivity contribution >= 4 is 17.6 Å². The maximum atomic E-state index is 13.3. The molecule has 2 aliphatic heterocycles. The zero-order chi connectivity index (χ0) is 15.0. The van der Waals surface area contributed by atoms with Gasteiger partial charge in [0.1, 0.15) is 11.9 Å². The number of rotatable bonds is 2. The number of aryl methyl sites for hydroxylation is 1. The van der Waals surface area contributed by atoms with E-state index in [2.05, 4.69) is 0 Å². The van der Waals surface area contributed by atoms with E-state index in [1.807, 2.05) is 0 Å². The highest BCUT2D eigenvalue weighted by Crippen LogP contribution is 2.30. The van der Waals surface area contributed by atoms with Gasteiger partial charge in [-0.05, 0) is 49.4 Å². The first-order valence-electron chi connectivity index (χ1n) is 7.04. The van der Waals surface area contributed by atoms with Gasteiger partial charge in [-0.3, -0.25) is 4.79 Å². The zero-order valence-corrected chi connectivity index (χ0v) is 11.4. The van der Waals surface area contributed by atoms with Gasteiger partial charge in [0, 0.05) is 12.2 Å². The highest BCUT2D eigenvalue weighted by atomic mass is 19.1. The SMILES string of the molecule is O=C(O)[C@H]1CC[C@@H](C(=O)N2CCCc3cc(F)ccc32)O1. The summed E-state index contributed by atoms with van der Waals surface area (Å²) in [7, 11) is 0. The van der Waals surface area contributed by atoms with Gasteiger partial charge in [0.2, 0.25) is 0 Å². The van der Waals surface area contributed by atoms with Crippen molar-refractivity contribution in [2.45, 2.75) is 37.9 Å². The third-order valence-corrected chi connectivity index (χ3v) is 4.00. The molecule has 0 spiro atoms. The second-order valence-corrected chi connectivity index (χ2v) is 5.40. The molecule has 2 aliphatic rings. The molecule has 0 radical (unpaired) electrons. The summed E-state index contributed by atoms with van der Waals surface area (Å²) in [6, 6.07) is 4.38. The average Bonchev–Trinajstić information content (AvgIpc) is 2.95.